The van der Waals surface area contributed by atoms with E-state index in [2.05, 4.69) is 30.9 Å². The molecular formula is C33H39ClN7O5S+. The topological polar surface area (TPSA) is 159 Å². The van der Waals surface area contributed by atoms with Crippen molar-refractivity contribution in [2.45, 2.75) is 56.1 Å². The number of hydrogen-bond acceptors (Lipinski definition) is 9. The highest BCUT2D eigenvalue weighted by molar-refractivity contribution is 7.97. The molecule has 6 rings (SSSR count). The first-order valence-electron chi connectivity index (χ1n) is 16.0. The van der Waals surface area contributed by atoms with Crippen LogP contribution in [-0.4, -0.2) is 74.3 Å². The number of anilines is 3. The summed E-state index contributed by atoms with van der Waals surface area (Å²) in [6, 6.07) is 10.2. The summed E-state index contributed by atoms with van der Waals surface area (Å²) in [5.74, 6) is 1.62. The van der Waals surface area contributed by atoms with E-state index in [0.717, 1.165) is 38.5 Å². The lowest BCUT2D eigenvalue weighted by Gasteiger charge is -2.33. The average molecular weight is 681 g/mol. The summed E-state index contributed by atoms with van der Waals surface area (Å²) in [5, 5.41) is 9.82. The number of rotatable bonds is 10. The van der Waals surface area contributed by atoms with Gasteiger partial charge in [-0.25, -0.2) is 15.0 Å². The number of nitrogens with zero attached hydrogens (tertiary/aromatic N) is 4. The van der Waals surface area contributed by atoms with Gasteiger partial charge in [-0.3, -0.25) is 9.59 Å². The van der Waals surface area contributed by atoms with Crippen molar-refractivity contribution in [3.63, 3.8) is 0 Å². The lowest BCUT2D eigenvalue weighted by atomic mass is 10.0. The fraction of sp³-hybridized carbons (Fsp3) is 0.424. The van der Waals surface area contributed by atoms with Gasteiger partial charge in [0.1, 0.15) is 29.8 Å². The molecule has 4 heterocycles. The largest absolute Gasteiger partial charge is 0.489 e. The standard InChI is InChI=1S/C33H38ClN7O5S/c34-27-20-24(8-9-28(27)46-25-11-16-41(17-12-25)33(43)22-5-1-2-6-22)40-31-26-19-23(10-14-36-30(26)38-21-39-31)32(42)37-15-18-47(44,45)29-7-3-4-13-35-29/h3-4,7-9,13,19-22,25H,1-2,5-6,10-12,14-18H2,(H3-,36,37,38,39,40,42,44,45)/p+1. The van der Waals surface area contributed by atoms with Crippen molar-refractivity contribution in [2.24, 2.45) is 5.92 Å². The first-order valence-corrected chi connectivity index (χ1v) is 18.1. The number of piperidine rings is 1. The molecule has 1 unspecified atom stereocenters. The second-order valence-corrected chi connectivity index (χ2v) is 14.5. The minimum atomic E-state index is -3.38. The molecule has 12 nitrogen and oxygen atoms in total. The molecule has 2 aliphatic heterocycles. The van der Waals surface area contributed by atoms with Crippen LogP contribution in [0.1, 0.15) is 50.5 Å². The van der Waals surface area contributed by atoms with Gasteiger partial charge in [-0.15, -0.1) is 0 Å². The number of benzene rings is 1. The first-order chi connectivity index (χ1) is 22.8. The van der Waals surface area contributed by atoms with Gasteiger partial charge in [-0.1, -0.05) is 34.7 Å². The Kier molecular flexibility index (Phi) is 10.3. The molecule has 2 aromatic heterocycles. The maximum Gasteiger partial charge on any atom is 0.282 e. The van der Waals surface area contributed by atoms with E-state index in [-0.39, 0.29) is 35.3 Å². The number of hydrogen-bond donors (Lipinski definition) is 4. The zero-order valence-corrected chi connectivity index (χ0v) is 27.6. The van der Waals surface area contributed by atoms with E-state index in [4.69, 9.17) is 16.3 Å². The Morgan fingerprint density at radius 3 is 2.64 bits per heavy atom. The molecule has 1 atom stereocenters. The molecule has 0 radical (unpaired) electrons. The third-order valence-corrected chi connectivity index (χ3v) is 10.7. The van der Waals surface area contributed by atoms with Crippen molar-refractivity contribution in [1.29, 1.82) is 0 Å². The Labute approximate surface area is 280 Å². The van der Waals surface area contributed by atoms with Crippen LogP contribution in [0.5, 0.6) is 5.75 Å². The van der Waals surface area contributed by atoms with Gasteiger partial charge >= 0.3 is 0 Å². The van der Waals surface area contributed by atoms with E-state index < -0.39 is 10.2 Å². The third-order valence-electron chi connectivity index (χ3n) is 8.76. The minimum absolute atomic E-state index is 0.00336. The van der Waals surface area contributed by atoms with Crippen LogP contribution in [0.3, 0.4) is 0 Å². The second-order valence-electron chi connectivity index (χ2n) is 12.0. The van der Waals surface area contributed by atoms with Crippen molar-refractivity contribution in [2.75, 3.05) is 42.6 Å². The third kappa shape index (κ3) is 8.09. The number of halogens is 1. The van der Waals surface area contributed by atoms with E-state index in [9.17, 15) is 18.4 Å². The van der Waals surface area contributed by atoms with Crippen LogP contribution in [0.25, 0.3) is 6.08 Å². The number of carbonyl (C=O) groups excluding carboxylic acids is 2. The number of pyridine rings is 1. The van der Waals surface area contributed by atoms with Crippen LogP contribution >= 0.6 is 11.6 Å². The molecule has 2 amide bonds. The molecule has 47 heavy (non-hydrogen) atoms. The lowest BCUT2D eigenvalue weighted by Crippen LogP contribution is -2.44. The van der Waals surface area contributed by atoms with E-state index >= 15 is 0 Å². The normalized spacial score (nSPS) is 18.3. The molecule has 3 aliphatic rings. The molecule has 4 N–H and O–H groups in total. The zero-order chi connectivity index (χ0) is 32.8. The fourth-order valence-corrected chi connectivity index (χ4v) is 7.52. The van der Waals surface area contributed by atoms with Crippen molar-refractivity contribution < 1.29 is 23.1 Å². The van der Waals surface area contributed by atoms with Crippen LogP contribution in [-0.2, 0) is 24.0 Å². The average Bonchev–Trinajstić information content (AvgIpc) is 3.53. The number of nitrogens with one attached hydrogen (secondary N) is 3. The Morgan fingerprint density at radius 2 is 1.89 bits per heavy atom. The van der Waals surface area contributed by atoms with Gasteiger partial charge in [0.05, 0.1) is 17.1 Å². The highest BCUT2D eigenvalue weighted by atomic mass is 35.5. The summed E-state index contributed by atoms with van der Waals surface area (Å²) < 4.78 is 29.3. The van der Waals surface area contributed by atoms with Crippen LogP contribution in [0, 0.1) is 5.92 Å². The van der Waals surface area contributed by atoms with E-state index in [1.54, 1.807) is 24.3 Å². The molecule has 0 bridgehead atoms. The maximum atomic E-state index is 13.1. The summed E-state index contributed by atoms with van der Waals surface area (Å²) in [6.45, 7) is 1.87. The first kappa shape index (κ1) is 32.9. The van der Waals surface area contributed by atoms with Crippen LogP contribution in [0.15, 0.2) is 59.5 Å². The molecule has 1 saturated heterocycles. The highest BCUT2D eigenvalue weighted by Crippen LogP contribution is 2.34. The minimum Gasteiger partial charge on any atom is -0.489 e. The zero-order valence-electron chi connectivity index (χ0n) is 26.0. The molecule has 248 valence electrons. The molecule has 2 fully saturated rings. The predicted octanol–water partition coefficient (Wildman–Crippen LogP) is 5.18. The summed E-state index contributed by atoms with van der Waals surface area (Å²) >= 11 is 6.65. The summed E-state index contributed by atoms with van der Waals surface area (Å²) in [7, 11) is -3.38. The van der Waals surface area contributed by atoms with Gasteiger partial charge < -0.3 is 25.6 Å². The Hall–Kier alpha value is -4.07. The van der Waals surface area contributed by atoms with E-state index in [1.165, 1.54) is 18.6 Å². The summed E-state index contributed by atoms with van der Waals surface area (Å²) in [4.78, 5) is 40.6. The van der Waals surface area contributed by atoms with Crippen molar-refractivity contribution in [1.82, 2.24) is 25.2 Å². The lowest BCUT2D eigenvalue weighted by molar-refractivity contribution is -0.137. The van der Waals surface area contributed by atoms with E-state index in [0.29, 0.717) is 71.2 Å². The van der Waals surface area contributed by atoms with Gasteiger partial charge in [0.2, 0.25) is 11.8 Å². The Balaban J connectivity index is 1.07. The van der Waals surface area contributed by atoms with Crippen LogP contribution < -0.4 is 20.7 Å². The van der Waals surface area contributed by atoms with Gasteiger partial charge in [0.25, 0.3) is 15.2 Å². The van der Waals surface area contributed by atoms with E-state index in [1.807, 2.05) is 17.0 Å². The van der Waals surface area contributed by atoms with Crippen molar-refractivity contribution >= 4 is 57.0 Å². The number of carbonyl (C=O) groups is 2. The van der Waals surface area contributed by atoms with Gasteiger partial charge in [-0.05, 0) is 49.6 Å². The van der Waals surface area contributed by atoms with Crippen LogP contribution in [0.4, 0.5) is 17.3 Å². The molecule has 1 aromatic carbocycles. The van der Waals surface area contributed by atoms with Crippen molar-refractivity contribution in [3.05, 3.63) is 65.1 Å². The Morgan fingerprint density at radius 1 is 1.09 bits per heavy atom. The summed E-state index contributed by atoms with van der Waals surface area (Å²) in [6.07, 6.45) is 10.9. The highest BCUT2D eigenvalue weighted by Gasteiger charge is 2.32. The van der Waals surface area contributed by atoms with Gasteiger partial charge in [-0.2, -0.15) is 4.55 Å². The van der Waals surface area contributed by atoms with Crippen molar-refractivity contribution in [3.8, 4) is 5.75 Å². The van der Waals surface area contributed by atoms with Gasteiger partial charge in [0, 0.05) is 61.9 Å². The number of ether oxygens (including phenoxy) is 1. The number of fused-ring (bicyclic) bond motifs is 1. The molecular weight excluding hydrogens is 642 g/mol. The molecule has 14 heteroatoms. The quantitative estimate of drug-likeness (QED) is 0.210. The molecule has 0 spiro atoms. The smallest absolute Gasteiger partial charge is 0.282 e. The number of amides is 2. The molecule has 3 aromatic rings. The fourth-order valence-electron chi connectivity index (χ4n) is 6.19. The Bertz CT molecular complexity index is 1680. The predicted molar refractivity (Wildman–Crippen MR) is 181 cm³/mol. The summed E-state index contributed by atoms with van der Waals surface area (Å²) in [5.41, 5.74) is 1.76. The maximum absolute atomic E-state index is 13.1. The molecule has 1 saturated carbocycles. The number of likely N-dealkylation sites (tertiary alicyclic amines) is 1. The number of aromatic nitrogens is 3. The van der Waals surface area contributed by atoms with Gasteiger partial charge in [0.15, 0.2) is 5.75 Å². The second kappa shape index (κ2) is 14.8. The SMILES string of the molecule is O=C(NCC[S+](=O)(O)c1ccccn1)C1=Cc2c(ncnc2Nc2ccc(OC3CCN(C(=O)C4CCCC4)CC3)c(Cl)c2)NCC1. The van der Waals surface area contributed by atoms with Crippen LogP contribution in [0.2, 0.25) is 5.02 Å². The monoisotopic (exact) mass is 680 g/mol. The molecule has 1 aliphatic carbocycles.